The number of ether oxygens (including phenoxy) is 2. The molecule has 1 heterocycles. The number of likely N-dealkylation sites (tertiary alicyclic amines) is 1. The van der Waals surface area contributed by atoms with E-state index in [-0.39, 0.29) is 12.1 Å². The lowest BCUT2D eigenvalue weighted by Crippen LogP contribution is -2.57. The smallest absolute Gasteiger partial charge is 0.317 e. The summed E-state index contributed by atoms with van der Waals surface area (Å²) in [5.41, 5.74) is 0. The fourth-order valence-corrected chi connectivity index (χ4v) is 1.43. The second kappa shape index (κ2) is 7.24. The highest BCUT2D eigenvalue weighted by Gasteiger charge is 2.30. The Hall–Kier alpha value is -1.07. The molecule has 0 aromatic carbocycles. The van der Waals surface area contributed by atoms with Crippen LogP contribution in [0.1, 0.15) is 6.42 Å². The van der Waals surface area contributed by atoms with Crippen molar-refractivity contribution in [2.45, 2.75) is 12.5 Å². The van der Waals surface area contributed by atoms with Gasteiger partial charge in [0.25, 0.3) is 0 Å². The number of methoxy groups -OCH3 is 1. The van der Waals surface area contributed by atoms with Gasteiger partial charge in [-0.2, -0.15) is 0 Å². The molecule has 1 saturated heterocycles. The summed E-state index contributed by atoms with van der Waals surface area (Å²) in [6.45, 7) is 6.81. The van der Waals surface area contributed by atoms with Crippen LogP contribution >= 0.6 is 0 Å². The van der Waals surface area contributed by atoms with Gasteiger partial charge < -0.3 is 19.7 Å². The first-order valence-corrected chi connectivity index (χ1v) is 5.52. The van der Waals surface area contributed by atoms with Crippen LogP contribution in [0.5, 0.6) is 0 Å². The van der Waals surface area contributed by atoms with Crippen molar-refractivity contribution in [1.29, 1.82) is 0 Å². The van der Waals surface area contributed by atoms with Gasteiger partial charge in [0, 0.05) is 26.9 Å². The summed E-state index contributed by atoms with van der Waals surface area (Å²) in [7, 11) is 1.68. The second-order valence-corrected chi connectivity index (χ2v) is 3.72. The number of hydrogen-bond acceptors (Lipinski definition) is 3. The van der Waals surface area contributed by atoms with E-state index in [0.717, 1.165) is 13.0 Å². The highest BCUT2D eigenvalue weighted by molar-refractivity contribution is 5.75. The lowest BCUT2D eigenvalue weighted by molar-refractivity contribution is -0.0399. The summed E-state index contributed by atoms with van der Waals surface area (Å²) >= 11 is 0. The van der Waals surface area contributed by atoms with Gasteiger partial charge in [0.05, 0.1) is 19.2 Å². The van der Waals surface area contributed by atoms with Crippen LogP contribution in [0.4, 0.5) is 4.79 Å². The van der Waals surface area contributed by atoms with Crippen LogP contribution in [0.3, 0.4) is 0 Å². The van der Waals surface area contributed by atoms with Crippen molar-refractivity contribution in [2.75, 3.05) is 40.0 Å². The molecule has 0 aromatic heterocycles. The van der Waals surface area contributed by atoms with Gasteiger partial charge in [0.2, 0.25) is 0 Å². The van der Waals surface area contributed by atoms with Crippen LogP contribution in [0.25, 0.3) is 0 Å². The van der Waals surface area contributed by atoms with Gasteiger partial charge in [0.1, 0.15) is 0 Å². The number of carbonyl (C=O) groups is 1. The Balaban J connectivity index is 1.99. The molecule has 0 saturated carbocycles. The average Bonchev–Trinajstić information content (AvgIpc) is 2.23. The molecule has 1 rings (SSSR count). The van der Waals surface area contributed by atoms with Gasteiger partial charge in [-0.1, -0.05) is 6.08 Å². The van der Waals surface area contributed by atoms with Gasteiger partial charge in [-0.05, 0) is 6.42 Å². The number of amides is 2. The largest absolute Gasteiger partial charge is 0.385 e. The molecule has 1 aliphatic rings. The van der Waals surface area contributed by atoms with E-state index in [2.05, 4.69) is 11.9 Å². The topological polar surface area (TPSA) is 50.8 Å². The quantitative estimate of drug-likeness (QED) is 0.513. The average molecular weight is 228 g/mol. The Morgan fingerprint density at radius 2 is 2.31 bits per heavy atom. The van der Waals surface area contributed by atoms with Gasteiger partial charge >= 0.3 is 6.03 Å². The summed E-state index contributed by atoms with van der Waals surface area (Å²) in [6, 6.07) is -0.0448. The van der Waals surface area contributed by atoms with E-state index in [1.807, 2.05) is 0 Å². The summed E-state index contributed by atoms with van der Waals surface area (Å²) in [5.74, 6) is 0. The minimum absolute atomic E-state index is 0.0448. The van der Waals surface area contributed by atoms with E-state index in [9.17, 15) is 4.79 Å². The number of urea groups is 1. The molecule has 1 N–H and O–H groups in total. The van der Waals surface area contributed by atoms with Crippen molar-refractivity contribution in [1.82, 2.24) is 10.2 Å². The zero-order chi connectivity index (χ0) is 11.8. The summed E-state index contributed by atoms with van der Waals surface area (Å²) < 4.78 is 10.5. The highest BCUT2D eigenvalue weighted by Crippen LogP contribution is 2.11. The molecule has 16 heavy (non-hydrogen) atoms. The minimum Gasteiger partial charge on any atom is -0.385 e. The summed E-state index contributed by atoms with van der Waals surface area (Å²) in [5, 5.41) is 2.72. The molecule has 0 aromatic rings. The van der Waals surface area contributed by atoms with Crippen LogP contribution in [0.15, 0.2) is 12.7 Å². The van der Waals surface area contributed by atoms with Crippen LogP contribution in [-0.4, -0.2) is 57.0 Å². The number of nitrogens with zero attached hydrogens (tertiary/aromatic N) is 1. The molecule has 0 unspecified atom stereocenters. The van der Waals surface area contributed by atoms with Gasteiger partial charge in [-0.3, -0.25) is 0 Å². The molecule has 2 amide bonds. The van der Waals surface area contributed by atoms with E-state index < -0.39 is 0 Å². The molecular weight excluding hydrogens is 208 g/mol. The van der Waals surface area contributed by atoms with Gasteiger partial charge in [-0.15, -0.1) is 6.58 Å². The third-order valence-corrected chi connectivity index (χ3v) is 2.38. The lowest BCUT2D eigenvalue weighted by atomic mass is 10.2. The molecule has 0 aliphatic carbocycles. The fraction of sp³-hybridized carbons (Fsp3) is 0.727. The fourth-order valence-electron chi connectivity index (χ4n) is 1.43. The molecular formula is C11H20N2O3. The van der Waals surface area contributed by atoms with E-state index in [1.54, 1.807) is 18.1 Å². The number of hydrogen-bond donors (Lipinski definition) is 1. The lowest BCUT2D eigenvalue weighted by Gasteiger charge is -2.38. The van der Waals surface area contributed by atoms with E-state index in [4.69, 9.17) is 9.47 Å². The van der Waals surface area contributed by atoms with Crippen molar-refractivity contribution >= 4 is 6.03 Å². The standard InChI is InChI=1S/C11H20N2O3/c1-3-5-12-11(14)13-8-10(9-13)16-7-4-6-15-2/h3,10H,1,4-9H2,2H3,(H,12,14). The van der Waals surface area contributed by atoms with Crippen molar-refractivity contribution in [3.05, 3.63) is 12.7 Å². The first-order chi connectivity index (χ1) is 7.77. The van der Waals surface area contributed by atoms with Crippen molar-refractivity contribution < 1.29 is 14.3 Å². The van der Waals surface area contributed by atoms with Gasteiger partial charge in [0.15, 0.2) is 0 Å². The predicted molar refractivity (Wildman–Crippen MR) is 61.4 cm³/mol. The molecule has 0 bridgehead atoms. The first-order valence-electron chi connectivity index (χ1n) is 5.52. The molecule has 0 radical (unpaired) electrons. The molecule has 1 fully saturated rings. The van der Waals surface area contributed by atoms with Crippen molar-refractivity contribution in [3.8, 4) is 0 Å². The maximum atomic E-state index is 11.4. The molecule has 1 aliphatic heterocycles. The Morgan fingerprint density at radius 3 is 2.94 bits per heavy atom. The summed E-state index contributed by atoms with van der Waals surface area (Å²) in [6.07, 6.45) is 2.75. The third kappa shape index (κ3) is 4.20. The maximum absolute atomic E-state index is 11.4. The molecule has 5 nitrogen and oxygen atoms in total. The Bertz CT molecular complexity index is 227. The Labute approximate surface area is 96.4 Å². The van der Waals surface area contributed by atoms with E-state index >= 15 is 0 Å². The zero-order valence-corrected chi connectivity index (χ0v) is 9.78. The Kier molecular flexibility index (Phi) is 5.88. The highest BCUT2D eigenvalue weighted by atomic mass is 16.5. The molecule has 0 atom stereocenters. The molecule has 5 heteroatoms. The SMILES string of the molecule is C=CCNC(=O)N1CC(OCCCOC)C1. The number of nitrogens with one attached hydrogen (secondary N) is 1. The van der Waals surface area contributed by atoms with Crippen LogP contribution in [0.2, 0.25) is 0 Å². The molecule has 0 spiro atoms. The maximum Gasteiger partial charge on any atom is 0.317 e. The third-order valence-electron chi connectivity index (χ3n) is 2.38. The van der Waals surface area contributed by atoms with E-state index in [1.165, 1.54) is 0 Å². The Morgan fingerprint density at radius 1 is 1.56 bits per heavy atom. The number of carbonyl (C=O) groups excluding carboxylic acids is 1. The van der Waals surface area contributed by atoms with Crippen LogP contribution < -0.4 is 5.32 Å². The van der Waals surface area contributed by atoms with Crippen LogP contribution in [-0.2, 0) is 9.47 Å². The van der Waals surface area contributed by atoms with Crippen molar-refractivity contribution in [3.63, 3.8) is 0 Å². The monoisotopic (exact) mass is 228 g/mol. The first kappa shape index (κ1) is 13.0. The molecule has 92 valence electrons. The second-order valence-electron chi connectivity index (χ2n) is 3.72. The minimum atomic E-state index is -0.0448. The predicted octanol–water partition coefficient (Wildman–Crippen LogP) is 0.619. The zero-order valence-electron chi connectivity index (χ0n) is 9.78. The van der Waals surface area contributed by atoms with Crippen LogP contribution in [0, 0.1) is 0 Å². The number of rotatable bonds is 7. The van der Waals surface area contributed by atoms with E-state index in [0.29, 0.717) is 26.2 Å². The van der Waals surface area contributed by atoms with Crippen molar-refractivity contribution in [2.24, 2.45) is 0 Å². The van der Waals surface area contributed by atoms with Gasteiger partial charge in [-0.25, -0.2) is 4.79 Å². The normalized spacial score (nSPS) is 15.7. The summed E-state index contributed by atoms with van der Waals surface area (Å²) in [4.78, 5) is 13.1.